The second-order valence-electron chi connectivity index (χ2n) is 5.60. The van der Waals surface area contributed by atoms with Crippen molar-refractivity contribution in [1.82, 2.24) is 5.32 Å². The van der Waals surface area contributed by atoms with Crippen LogP contribution in [0.5, 0.6) is 5.75 Å². The molecule has 0 heterocycles. The van der Waals surface area contributed by atoms with Gasteiger partial charge in [-0.25, -0.2) is 4.79 Å². The second-order valence-corrected chi connectivity index (χ2v) is 6.00. The summed E-state index contributed by atoms with van der Waals surface area (Å²) in [6, 6.07) is 5.34. The smallest absolute Gasteiger partial charge is 0.319 e. The minimum atomic E-state index is -0.214. The summed E-state index contributed by atoms with van der Waals surface area (Å²) in [5, 5.41) is 6.33. The first-order valence-electron chi connectivity index (χ1n) is 8.27. The van der Waals surface area contributed by atoms with E-state index in [1.807, 2.05) is 6.92 Å². The molecule has 1 aliphatic rings. The summed E-state index contributed by atoms with van der Waals surface area (Å²) >= 11 is 6.18. The van der Waals surface area contributed by atoms with E-state index in [2.05, 4.69) is 10.6 Å². The third-order valence-corrected chi connectivity index (χ3v) is 4.13. The van der Waals surface area contributed by atoms with Crippen molar-refractivity contribution in [2.45, 2.75) is 45.1 Å². The number of urea groups is 1. The average molecular weight is 341 g/mol. The van der Waals surface area contributed by atoms with Crippen molar-refractivity contribution < 1.29 is 14.3 Å². The fourth-order valence-corrected chi connectivity index (χ4v) is 2.92. The average Bonchev–Trinajstić information content (AvgIpc) is 2.54. The molecule has 0 radical (unpaired) electrons. The van der Waals surface area contributed by atoms with Gasteiger partial charge < -0.3 is 20.1 Å². The minimum Gasteiger partial charge on any atom is -0.487 e. The molecule has 0 atom stereocenters. The largest absolute Gasteiger partial charge is 0.487 e. The van der Waals surface area contributed by atoms with Crippen LogP contribution in [0, 0.1) is 0 Å². The molecule has 23 heavy (non-hydrogen) atoms. The number of hydrogen-bond acceptors (Lipinski definition) is 3. The highest BCUT2D eigenvalue weighted by molar-refractivity contribution is 6.32. The number of carbonyl (C=O) groups excluding carboxylic acids is 1. The van der Waals surface area contributed by atoms with Crippen LogP contribution in [-0.4, -0.2) is 31.9 Å². The van der Waals surface area contributed by atoms with Gasteiger partial charge >= 0.3 is 6.03 Å². The summed E-state index contributed by atoms with van der Waals surface area (Å²) in [7, 11) is 0. The fraction of sp³-hybridized carbons (Fsp3) is 0.588. The highest BCUT2D eigenvalue weighted by atomic mass is 35.5. The van der Waals surface area contributed by atoms with Crippen LogP contribution in [0.25, 0.3) is 0 Å². The lowest BCUT2D eigenvalue weighted by molar-refractivity contribution is 0.110. The van der Waals surface area contributed by atoms with Crippen LogP contribution >= 0.6 is 11.6 Å². The summed E-state index contributed by atoms with van der Waals surface area (Å²) < 4.78 is 10.9. The molecule has 6 heteroatoms. The topological polar surface area (TPSA) is 59.6 Å². The molecule has 0 bridgehead atoms. The SMILES string of the molecule is CCOCCOc1c(Cl)cccc1NC(=O)NC1CCCCC1. The normalized spacial score (nSPS) is 15.2. The van der Waals surface area contributed by atoms with Gasteiger partial charge in [-0.2, -0.15) is 0 Å². The molecule has 1 aliphatic carbocycles. The van der Waals surface area contributed by atoms with Crippen molar-refractivity contribution in [3.05, 3.63) is 23.2 Å². The molecule has 0 aliphatic heterocycles. The van der Waals surface area contributed by atoms with Crippen molar-refractivity contribution in [2.75, 3.05) is 25.1 Å². The van der Waals surface area contributed by atoms with Gasteiger partial charge in [-0.3, -0.25) is 0 Å². The molecule has 1 saturated carbocycles. The quantitative estimate of drug-likeness (QED) is 0.731. The Bertz CT molecular complexity index is 505. The van der Waals surface area contributed by atoms with Crippen LogP contribution < -0.4 is 15.4 Å². The van der Waals surface area contributed by atoms with Crippen molar-refractivity contribution in [3.8, 4) is 5.75 Å². The number of anilines is 1. The molecule has 0 unspecified atom stereocenters. The molecule has 0 spiro atoms. The Balaban J connectivity index is 1.92. The maximum Gasteiger partial charge on any atom is 0.319 e. The maximum absolute atomic E-state index is 12.2. The van der Waals surface area contributed by atoms with Gasteiger partial charge in [0.05, 0.1) is 17.3 Å². The summed E-state index contributed by atoms with van der Waals surface area (Å²) in [6.07, 6.45) is 5.69. The number of carbonyl (C=O) groups is 1. The van der Waals surface area contributed by atoms with Crippen LogP contribution in [0.15, 0.2) is 18.2 Å². The van der Waals surface area contributed by atoms with Gasteiger partial charge in [-0.1, -0.05) is 36.9 Å². The number of rotatable bonds is 7. The van der Waals surface area contributed by atoms with Crippen LogP contribution in [0.1, 0.15) is 39.0 Å². The van der Waals surface area contributed by atoms with E-state index in [1.165, 1.54) is 19.3 Å². The van der Waals surface area contributed by atoms with E-state index >= 15 is 0 Å². The molecular formula is C17H25ClN2O3. The number of ether oxygens (including phenoxy) is 2. The molecular weight excluding hydrogens is 316 g/mol. The number of para-hydroxylation sites is 1. The Morgan fingerprint density at radius 3 is 2.78 bits per heavy atom. The van der Waals surface area contributed by atoms with Crippen molar-refractivity contribution in [1.29, 1.82) is 0 Å². The van der Waals surface area contributed by atoms with E-state index in [0.717, 1.165) is 12.8 Å². The second kappa shape index (κ2) is 9.63. The van der Waals surface area contributed by atoms with Crippen molar-refractivity contribution in [3.63, 3.8) is 0 Å². The third kappa shape index (κ3) is 5.92. The molecule has 2 rings (SSSR count). The first kappa shape index (κ1) is 17.9. The van der Waals surface area contributed by atoms with Gasteiger partial charge in [-0.15, -0.1) is 0 Å². The van der Waals surface area contributed by atoms with Gasteiger partial charge in [0.25, 0.3) is 0 Å². The lowest BCUT2D eigenvalue weighted by atomic mass is 9.96. The number of hydrogen-bond donors (Lipinski definition) is 2. The molecule has 128 valence electrons. The fourth-order valence-electron chi connectivity index (χ4n) is 2.69. The highest BCUT2D eigenvalue weighted by Crippen LogP contribution is 2.33. The van der Waals surface area contributed by atoms with Gasteiger partial charge in [0.1, 0.15) is 6.61 Å². The number of amides is 2. The van der Waals surface area contributed by atoms with E-state index < -0.39 is 0 Å². The van der Waals surface area contributed by atoms with Gasteiger partial charge in [0.2, 0.25) is 0 Å². The first-order valence-corrected chi connectivity index (χ1v) is 8.65. The molecule has 2 N–H and O–H groups in total. The van der Waals surface area contributed by atoms with E-state index in [0.29, 0.717) is 36.3 Å². The van der Waals surface area contributed by atoms with Crippen LogP contribution in [-0.2, 0) is 4.74 Å². The predicted molar refractivity (Wildman–Crippen MR) is 92.5 cm³/mol. The molecule has 0 aromatic heterocycles. The molecule has 2 amide bonds. The van der Waals surface area contributed by atoms with Gasteiger partial charge in [-0.05, 0) is 31.9 Å². The summed E-state index contributed by atoms with van der Waals surface area (Å²) in [4.78, 5) is 12.2. The maximum atomic E-state index is 12.2. The molecule has 1 fully saturated rings. The van der Waals surface area contributed by atoms with E-state index in [-0.39, 0.29) is 12.1 Å². The van der Waals surface area contributed by atoms with E-state index in [4.69, 9.17) is 21.1 Å². The molecule has 1 aromatic carbocycles. The van der Waals surface area contributed by atoms with E-state index in [9.17, 15) is 4.79 Å². The number of halogens is 1. The Kier molecular flexibility index (Phi) is 7.49. The summed E-state index contributed by atoms with van der Waals surface area (Å²) in [6.45, 7) is 3.44. The first-order chi connectivity index (χ1) is 11.2. The Morgan fingerprint density at radius 1 is 1.26 bits per heavy atom. The Labute approximate surface area is 142 Å². The Morgan fingerprint density at radius 2 is 2.04 bits per heavy atom. The summed E-state index contributed by atoms with van der Waals surface area (Å²) in [5.74, 6) is 0.479. The standard InChI is InChI=1S/C17H25ClN2O3/c1-2-22-11-12-23-16-14(18)9-6-10-15(16)20-17(21)19-13-7-4-3-5-8-13/h6,9-10,13H,2-5,7-8,11-12H2,1H3,(H2,19,20,21). The van der Waals surface area contributed by atoms with Crippen molar-refractivity contribution in [2.24, 2.45) is 0 Å². The van der Waals surface area contributed by atoms with E-state index in [1.54, 1.807) is 18.2 Å². The predicted octanol–water partition coefficient (Wildman–Crippen LogP) is 4.21. The lowest BCUT2D eigenvalue weighted by Crippen LogP contribution is -2.39. The van der Waals surface area contributed by atoms with Crippen LogP contribution in [0.3, 0.4) is 0 Å². The molecule has 0 saturated heterocycles. The monoisotopic (exact) mass is 340 g/mol. The number of benzene rings is 1. The zero-order valence-corrected chi connectivity index (χ0v) is 14.3. The Hall–Kier alpha value is -1.46. The molecule has 1 aromatic rings. The third-order valence-electron chi connectivity index (χ3n) is 3.83. The van der Waals surface area contributed by atoms with Crippen LogP contribution in [0.4, 0.5) is 10.5 Å². The van der Waals surface area contributed by atoms with Crippen molar-refractivity contribution >= 4 is 23.3 Å². The van der Waals surface area contributed by atoms with Crippen LogP contribution in [0.2, 0.25) is 5.02 Å². The zero-order valence-electron chi connectivity index (χ0n) is 13.6. The number of nitrogens with one attached hydrogen (secondary N) is 2. The minimum absolute atomic E-state index is 0.214. The highest BCUT2D eigenvalue weighted by Gasteiger charge is 2.17. The summed E-state index contributed by atoms with van der Waals surface area (Å²) in [5.41, 5.74) is 0.572. The lowest BCUT2D eigenvalue weighted by Gasteiger charge is -2.23. The molecule has 5 nitrogen and oxygen atoms in total. The zero-order chi connectivity index (χ0) is 16.5. The van der Waals surface area contributed by atoms with Gasteiger partial charge in [0, 0.05) is 12.6 Å². The van der Waals surface area contributed by atoms with Gasteiger partial charge in [0.15, 0.2) is 5.75 Å².